The van der Waals surface area contributed by atoms with E-state index < -0.39 is 0 Å². The molecule has 2 rings (SSSR count). The van der Waals surface area contributed by atoms with Gasteiger partial charge in [0.05, 0.1) is 6.61 Å². The van der Waals surface area contributed by atoms with E-state index in [1.54, 1.807) is 0 Å². The first-order chi connectivity index (χ1) is 9.60. The van der Waals surface area contributed by atoms with Gasteiger partial charge in [-0.05, 0) is 30.2 Å². The highest BCUT2D eigenvalue weighted by atomic mass is 79.9. The fraction of sp³-hybridized carbons (Fsp3) is 0.250. The number of aliphatic hydroxyl groups excluding tert-OH is 1. The number of rotatable bonds is 5. The Kier molecular flexibility index (Phi) is 5.17. The molecule has 0 aromatic heterocycles. The SMILES string of the molecule is C[C@@H](N)c1ccc(Br)cc1OCc1ccc(CO)cc1. The summed E-state index contributed by atoms with van der Waals surface area (Å²) in [7, 11) is 0. The summed E-state index contributed by atoms with van der Waals surface area (Å²) >= 11 is 3.44. The van der Waals surface area contributed by atoms with Crippen molar-refractivity contribution in [3.63, 3.8) is 0 Å². The summed E-state index contributed by atoms with van der Waals surface area (Å²) in [6, 6.07) is 13.5. The van der Waals surface area contributed by atoms with Crippen LogP contribution in [0.25, 0.3) is 0 Å². The van der Waals surface area contributed by atoms with Gasteiger partial charge >= 0.3 is 0 Å². The number of aliphatic hydroxyl groups is 1. The Labute approximate surface area is 127 Å². The molecule has 2 aromatic carbocycles. The number of halogens is 1. The summed E-state index contributed by atoms with van der Waals surface area (Å²) in [4.78, 5) is 0. The molecule has 0 saturated heterocycles. The predicted molar refractivity (Wildman–Crippen MR) is 83.4 cm³/mol. The van der Waals surface area contributed by atoms with Gasteiger partial charge in [0.25, 0.3) is 0 Å². The van der Waals surface area contributed by atoms with Crippen molar-refractivity contribution >= 4 is 15.9 Å². The zero-order chi connectivity index (χ0) is 14.5. The van der Waals surface area contributed by atoms with Crippen molar-refractivity contribution in [3.05, 3.63) is 63.6 Å². The quantitative estimate of drug-likeness (QED) is 0.878. The van der Waals surface area contributed by atoms with Crippen LogP contribution in [0.4, 0.5) is 0 Å². The van der Waals surface area contributed by atoms with Crippen LogP contribution >= 0.6 is 15.9 Å². The van der Waals surface area contributed by atoms with E-state index in [0.717, 1.165) is 26.9 Å². The molecule has 4 heteroatoms. The van der Waals surface area contributed by atoms with Crippen LogP contribution in [-0.4, -0.2) is 5.11 Å². The minimum atomic E-state index is -0.0742. The number of hydrogen-bond acceptors (Lipinski definition) is 3. The molecule has 0 unspecified atom stereocenters. The van der Waals surface area contributed by atoms with Crippen molar-refractivity contribution in [2.24, 2.45) is 5.73 Å². The van der Waals surface area contributed by atoms with Crippen LogP contribution in [0.2, 0.25) is 0 Å². The second kappa shape index (κ2) is 6.88. The normalized spacial score (nSPS) is 12.2. The molecular formula is C16H18BrNO2. The summed E-state index contributed by atoms with van der Waals surface area (Å²) in [5, 5.41) is 9.01. The van der Waals surface area contributed by atoms with Gasteiger partial charge in [-0.1, -0.05) is 46.3 Å². The van der Waals surface area contributed by atoms with E-state index in [4.69, 9.17) is 15.6 Å². The summed E-state index contributed by atoms with van der Waals surface area (Å²) in [6.07, 6.45) is 0. The molecular weight excluding hydrogens is 318 g/mol. The van der Waals surface area contributed by atoms with Crippen molar-refractivity contribution in [2.75, 3.05) is 0 Å². The molecule has 0 aliphatic rings. The highest BCUT2D eigenvalue weighted by Gasteiger charge is 2.09. The lowest BCUT2D eigenvalue weighted by molar-refractivity contribution is 0.281. The Morgan fingerprint density at radius 3 is 2.40 bits per heavy atom. The Bertz CT molecular complexity index is 567. The average molecular weight is 336 g/mol. The monoisotopic (exact) mass is 335 g/mol. The van der Waals surface area contributed by atoms with Gasteiger partial charge in [0.2, 0.25) is 0 Å². The van der Waals surface area contributed by atoms with Gasteiger partial charge in [0, 0.05) is 16.1 Å². The molecule has 2 aromatic rings. The van der Waals surface area contributed by atoms with Crippen LogP contribution in [0.15, 0.2) is 46.9 Å². The Hall–Kier alpha value is -1.36. The van der Waals surface area contributed by atoms with Gasteiger partial charge in [-0.2, -0.15) is 0 Å². The number of benzene rings is 2. The van der Waals surface area contributed by atoms with E-state index in [2.05, 4.69) is 15.9 Å². The van der Waals surface area contributed by atoms with Gasteiger partial charge in [-0.15, -0.1) is 0 Å². The van der Waals surface area contributed by atoms with E-state index in [-0.39, 0.29) is 12.6 Å². The Morgan fingerprint density at radius 2 is 1.80 bits per heavy atom. The summed E-state index contributed by atoms with van der Waals surface area (Å²) in [5.41, 5.74) is 8.88. The molecule has 20 heavy (non-hydrogen) atoms. The van der Waals surface area contributed by atoms with E-state index >= 15 is 0 Å². The summed E-state index contributed by atoms with van der Waals surface area (Å²) in [6.45, 7) is 2.47. The second-order valence-electron chi connectivity index (χ2n) is 4.73. The predicted octanol–water partition coefficient (Wildman–Crippen LogP) is 3.54. The molecule has 1 atom stereocenters. The van der Waals surface area contributed by atoms with Gasteiger partial charge in [-0.25, -0.2) is 0 Å². The molecule has 0 saturated carbocycles. The van der Waals surface area contributed by atoms with E-state index in [1.165, 1.54) is 0 Å². The third kappa shape index (κ3) is 3.82. The first-order valence-electron chi connectivity index (χ1n) is 6.46. The van der Waals surface area contributed by atoms with Crippen molar-refractivity contribution in [1.29, 1.82) is 0 Å². The highest BCUT2D eigenvalue weighted by molar-refractivity contribution is 9.10. The minimum Gasteiger partial charge on any atom is -0.489 e. The lowest BCUT2D eigenvalue weighted by atomic mass is 10.1. The summed E-state index contributed by atoms with van der Waals surface area (Å²) in [5.74, 6) is 0.792. The largest absolute Gasteiger partial charge is 0.489 e. The van der Waals surface area contributed by atoms with Crippen molar-refractivity contribution in [2.45, 2.75) is 26.2 Å². The van der Waals surface area contributed by atoms with Crippen LogP contribution in [0.1, 0.15) is 29.7 Å². The fourth-order valence-corrected chi connectivity index (χ4v) is 2.25. The summed E-state index contributed by atoms with van der Waals surface area (Å²) < 4.78 is 6.83. The molecule has 0 amide bonds. The average Bonchev–Trinajstić information content (AvgIpc) is 2.45. The highest BCUT2D eigenvalue weighted by Crippen LogP contribution is 2.28. The van der Waals surface area contributed by atoms with Crippen LogP contribution < -0.4 is 10.5 Å². The number of nitrogens with two attached hydrogens (primary N) is 1. The zero-order valence-corrected chi connectivity index (χ0v) is 12.9. The molecule has 0 radical (unpaired) electrons. The van der Waals surface area contributed by atoms with Crippen LogP contribution in [-0.2, 0) is 13.2 Å². The maximum Gasteiger partial charge on any atom is 0.125 e. The standard InChI is InChI=1S/C16H18BrNO2/c1-11(18)15-7-6-14(17)8-16(15)20-10-13-4-2-12(9-19)3-5-13/h2-8,11,19H,9-10,18H2,1H3/t11-/m1/s1. The smallest absolute Gasteiger partial charge is 0.125 e. The maximum absolute atomic E-state index is 9.01. The van der Waals surface area contributed by atoms with Crippen molar-refractivity contribution in [1.82, 2.24) is 0 Å². The van der Waals surface area contributed by atoms with E-state index in [1.807, 2.05) is 49.4 Å². The lowest BCUT2D eigenvalue weighted by Gasteiger charge is -2.14. The molecule has 106 valence electrons. The molecule has 3 nitrogen and oxygen atoms in total. The van der Waals surface area contributed by atoms with Crippen LogP contribution in [0.3, 0.4) is 0 Å². The van der Waals surface area contributed by atoms with Gasteiger partial charge in [0.1, 0.15) is 12.4 Å². The topological polar surface area (TPSA) is 55.5 Å². The van der Waals surface area contributed by atoms with Crippen molar-refractivity contribution in [3.8, 4) is 5.75 Å². The Balaban J connectivity index is 2.11. The zero-order valence-electron chi connectivity index (χ0n) is 11.3. The fourth-order valence-electron chi connectivity index (χ4n) is 1.91. The molecule has 0 aliphatic carbocycles. The minimum absolute atomic E-state index is 0.0571. The third-order valence-corrected chi connectivity index (χ3v) is 3.56. The van der Waals surface area contributed by atoms with E-state index in [0.29, 0.717) is 6.61 Å². The van der Waals surface area contributed by atoms with E-state index in [9.17, 15) is 0 Å². The van der Waals surface area contributed by atoms with Gasteiger partial charge in [0.15, 0.2) is 0 Å². The maximum atomic E-state index is 9.01. The van der Waals surface area contributed by atoms with Crippen LogP contribution in [0, 0.1) is 0 Å². The molecule has 0 spiro atoms. The molecule has 0 fully saturated rings. The molecule has 0 aliphatic heterocycles. The Morgan fingerprint density at radius 1 is 1.15 bits per heavy atom. The second-order valence-corrected chi connectivity index (χ2v) is 5.65. The number of hydrogen-bond donors (Lipinski definition) is 2. The first-order valence-corrected chi connectivity index (χ1v) is 7.26. The van der Waals surface area contributed by atoms with Gasteiger partial charge < -0.3 is 15.6 Å². The third-order valence-electron chi connectivity index (χ3n) is 3.07. The van der Waals surface area contributed by atoms with Crippen LogP contribution in [0.5, 0.6) is 5.75 Å². The van der Waals surface area contributed by atoms with Gasteiger partial charge in [-0.3, -0.25) is 0 Å². The molecule has 0 bridgehead atoms. The number of ether oxygens (including phenoxy) is 1. The molecule has 0 heterocycles. The van der Waals surface area contributed by atoms with Crippen molar-refractivity contribution < 1.29 is 9.84 Å². The first kappa shape index (κ1) is 15.0. The molecule has 3 N–H and O–H groups in total. The lowest BCUT2D eigenvalue weighted by Crippen LogP contribution is -2.08.